The molecular formula is C24H22N2O2. The van der Waals surface area contributed by atoms with E-state index in [0.717, 1.165) is 12.1 Å². The lowest BCUT2D eigenvalue weighted by Gasteiger charge is -2.28. The first-order valence-electron chi connectivity index (χ1n) is 9.59. The fraction of sp³-hybridized carbons (Fsp3) is 0.250. The molecule has 0 fully saturated rings. The van der Waals surface area contributed by atoms with Gasteiger partial charge in [0.2, 0.25) is 0 Å². The highest BCUT2D eigenvalue weighted by atomic mass is 16.5. The van der Waals surface area contributed by atoms with Crippen LogP contribution in [-0.4, -0.2) is 18.6 Å². The third-order valence-electron chi connectivity index (χ3n) is 5.33. The third kappa shape index (κ3) is 3.44. The minimum atomic E-state index is -0.173. The van der Waals surface area contributed by atoms with Gasteiger partial charge in [0, 0.05) is 18.3 Å². The van der Waals surface area contributed by atoms with E-state index in [1.807, 2.05) is 31.2 Å². The number of benzene rings is 3. The Kier molecular flexibility index (Phi) is 4.99. The molecule has 0 amide bonds. The Balaban J connectivity index is 1.72. The highest BCUT2D eigenvalue weighted by molar-refractivity contribution is 5.86. The van der Waals surface area contributed by atoms with Gasteiger partial charge < -0.3 is 9.64 Å². The fourth-order valence-corrected chi connectivity index (χ4v) is 4.05. The summed E-state index contributed by atoms with van der Waals surface area (Å²) in [6.45, 7) is 10.3. The minimum Gasteiger partial charge on any atom is -0.466 e. The fourth-order valence-electron chi connectivity index (χ4n) is 4.05. The van der Waals surface area contributed by atoms with Crippen molar-refractivity contribution in [2.45, 2.75) is 32.4 Å². The maximum Gasteiger partial charge on any atom is 0.307 e. The monoisotopic (exact) mass is 370 g/mol. The van der Waals surface area contributed by atoms with Crippen LogP contribution in [0, 0.1) is 6.57 Å². The highest BCUT2D eigenvalue weighted by Gasteiger charge is 2.31. The van der Waals surface area contributed by atoms with E-state index >= 15 is 0 Å². The van der Waals surface area contributed by atoms with Gasteiger partial charge in [-0.1, -0.05) is 54.6 Å². The van der Waals surface area contributed by atoms with Crippen LogP contribution in [0.4, 0.5) is 11.4 Å². The van der Waals surface area contributed by atoms with Gasteiger partial charge in [-0.3, -0.25) is 4.79 Å². The number of carbonyl (C=O) groups is 1. The van der Waals surface area contributed by atoms with E-state index in [4.69, 9.17) is 11.3 Å². The number of hydrogen-bond acceptors (Lipinski definition) is 3. The Labute approximate surface area is 165 Å². The van der Waals surface area contributed by atoms with Crippen LogP contribution in [0.5, 0.6) is 0 Å². The van der Waals surface area contributed by atoms with Crippen molar-refractivity contribution in [3.8, 4) is 0 Å². The van der Waals surface area contributed by atoms with E-state index in [9.17, 15) is 4.79 Å². The molecule has 0 aromatic heterocycles. The molecule has 4 rings (SSSR count). The molecule has 1 aliphatic rings. The molecule has 1 atom stereocenters. The average Bonchev–Trinajstić information content (AvgIpc) is 3.04. The molecule has 28 heavy (non-hydrogen) atoms. The summed E-state index contributed by atoms with van der Waals surface area (Å²) in [7, 11) is 0. The van der Waals surface area contributed by atoms with Gasteiger partial charge in [0.15, 0.2) is 5.69 Å². The molecule has 1 heterocycles. The molecule has 3 aromatic rings. The van der Waals surface area contributed by atoms with E-state index in [1.54, 1.807) is 0 Å². The zero-order valence-electron chi connectivity index (χ0n) is 15.9. The van der Waals surface area contributed by atoms with Crippen LogP contribution < -0.4 is 4.90 Å². The van der Waals surface area contributed by atoms with Crippen molar-refractivity contribution in [3.63, 3.8) is 0 Å². The van der Waals surface area contributed by atoms with Gasteiger partial charge in [-0.2, -0.15) is 0 Å². The molecule has 0 aliphatic carbocycles. The van der Waals surface area contributed by atoms with Crippen LogP contribution in [0.1, 0.15) is 24.5 Å². The number of hydrogen-bond donors (Lipinski definition) is 0. The van der Waals surface area contributed by atoms with Crippen LogP contribution in [-0.2, 0) is 22.5 Å². The number of carbonyl (C=O) groups excluding carboxylic acids is 1. The molecule has 4 heteroatoms. The van der Waals surface area contributed by atoms with Gasteiger partial charge in [-0.15, -0.1) is 0 Å². The Hall–Kier alpha value is -3.32. The van der Waals surface area contributed by atoms with Crippen molar-refractivity contribution >= 4 is 28.1 Å². The lowest BCUT2D eigenvalue weighted by molar-refractivity contribution is -0.143. The summed E-state index contributed by atoms with van der Waals surface area (Å²) in [5, 5.41) is 2.42. The smallest absolute Gasteiger partial charge is 0.307 e. The van der Waals surface area contributed by atoms with Crippen molar-refractivity contribution in [3.05, 3.63) is 83.2 Å². The number of ether oxygens (including phenoxy) is 1. The molecule has 0 radical (unpaired) electrons. The largest absolute Gasteiger partial charge is 0.466 e. The first-order chi connectivity index (χ1) is 13.7. The van der Waals surface area contributed by atoms with Gasteiger partial charge in [-0.25, -0.2) is 4.85 Å². The topological polar surface area (TPSA) is 33.9 Å². The summed E-state index contributed by atoms with van der Waals surface area (Å²) in [5.41, 5.74) is 4.07. The van der Waals surface area contributed by atoms with E-state index < -0.39 is 0 Å². The number of rotatable bonds is 5. The zero-order valence-corrected chi connectivity index (χ0v) is 15.9. The minimum absolute atomic E-state index is 0.0361. The molecule has 0 spiro atoms. The van der Waals surface area contributed by atoms with E-state index in [0.29, 0.717) is 25.3 Å². The van der Waals surface area contributed by atoms with E-state index in [1.165, 1.54) is 21.9 Å². The number of nitrogens with zero attached hydrogens (tertiary/aromatic N) is 2. The van der Waals surface area contributed by atoms with Crippen molar-refractivity contribution in [1.29, 1.82) is 0 Å². The molecule has 140 valence electrons. The average molecular weight is 370 g/mol. The van der Waals surface area contributed by atoms with Gasteiger partial charge in [-0.05, 0) is 41.3 Å². The molecule has 0 N–H and O–H groups in total. The van der Waals surface area contributed by atoms with Crippen molar-refractivity contribution < 1.29 is 9.53 Å². The first-order valence-corrected chi connectivity index (χ1v) is 9.59. The Morgan fingerprint density at radius 1 is 1.18 bits per heavy atom. The predicted octanol–water partition coefficient (Wildman–Crippen LogP) is 5.28. The van der Waals surface area contributed by atoms with Gasteiger partial charge >= 0.3 is 5.97 Å². The standard InChI is InChI=1S/C24H22N2O2/c1-3-28-24(27)15-21-13-18-11-12-20(25-2)14-23(18)26(21)16-19-9-6-8-17-7-4-5-10-22(17)19/h4-12,14,21H,3,13,15-16H2,1H3. The van der Waals surface area contributed by atoms with Crippen LogP contribution in [0.25, 0.3) is 15.6 Å². The van der Waals surface area contributed by atoms with Crippen LogP contribution >= 0.6 is 0 Å². The van der Waals surface area contributed by atoms with Crippen molar-refractivity contribution in [2.75, 3.05) is 11.5 Å². The van der Waals surface area contributed by atoms with E-state index in [2.05, 4.69) is 46.1 Å². The second kappa shape index (κ2) is 7.74. The SMILES string of the molecule is [C-]#[N+]c1ccc2c(c1)N(Cc1cccc3ccccc13)C(CC(=O)OCC)C2. The van der Waals surface area contributed by atoms with Gasteiger partial charge in [0.1, 0.15) is 0 Å². The second-order valence-electron chi connectivity index (χ2n) is 7.06. The molecule has 4 nitrogen and oxygen atoms in total. The molecule has 0 saturated heterocycles. The summed E-state index contributed by atoms with van der Waals surface area (Å²) in [6.07, 6.45) is 1.14. The molecular weight excluding hydrogens is 348 g/mol. The maximum atomic E-state index is 12.2. The summed E-state index contributed by atoms with van der Waals surface area (Å²) < 4.78 is 5.20. The Morgan fingerprint density at radius 3 is 2.82 bits per heavy atom. The van der Waals surface area contributed by atoms with E-state index in [-0.39, 0.29) is 12.0 Å². The molecule has 3 aromatic carbocycles. The molecule has 0 saturated carbocycles. The lowest BCUT2D eigenvalue weighted by atomic mass is 10.0. The quantitative estimate of drug-likeness (QED) is 0.453. The summed E-state index contributed by atoms with van der Waals surface area (Å²) in [4.78, 5) is 18.0. The van der Waals surface area contributed by atoms with Crippen LogP contribution in [0.3, 0.4) is 0 Å². The molecule has 1 unspecified atom stereocenters. The van der Waals surface area contributed by atoms with Crippen molar-refractivity contribution in [2.24, 2.45) is 0 Å². The second-order valence-corrected chi connectivity index (χ2v) is 7.06. The van der Waals surface area contributed by atoms with Gasteiger partial charge in [0.05, 0.1) is 19.6 Å². The van der Waals surface area contributed by atoms with Crippen LogP contribution in [0.15, 0.2) is 60.7 Å². The number of esters is 1. The van der Waals surface area contributed by atoms with Crippen molar-refractivity contribution in [1.82, 2.24) is 0 Å². The molecule has 0 bridgehead atoms. The maximum absolute atomic E-state index is 12.2. The first kappa shape index (κ1) is 18.1. The number of fused-ring (bicyclic) bond motifs is 2. The molecule has 1 aliphatic heterocycles. The van der Waals surface area contributed by atoms with Crippen LogP contribution in [0.2, 0.25) is 0 Å². The normalized spacial score (nSPS) is 15.3. The summed E-state index contributed by atoms with van der Waals surface area (Å²) >= 11 is 0. The third-order valence-corrected chi connectivity index (χ3v) is 5.33. The summed E-state index contributed by atoms with van der Waals surface area (Å²) in [5.74, 6) is -0.173. The Bertz CT molecular complexity index is 1060. The number of anilines is 1. The predicted molar refractivity (Wildman–Crippen MR) is 112 cm³/mol. The lowest BCUT2D eigenvalue weighted by Crippen LogP contribution is -2.34. The highest BCUT2D eigenvalue weighted by Crippen LogP contribution is 2.38. The van der Waals surface area contributed by atoms with Gasteiger partial charge in [0.25, 0.3) is 0 Å². The Morgan fingerprint density at radius 2 is 2.00 bits per heavy atom. The summed E-state index contributed by atoms with van der Waals surface area (Å²) in [6, 6.07) is 20.5. The zero-order chi connectivity index (χ0) is 19.5.